The monoisotopic (exact) mass is 350 g/mol. The molecule has 0 aliphatic heterocycles. The van der Waals surface area contributed by atoms with Gasteiger partial charge in [0.25, 0.3) is 0 Å². The molecule has 132 valence electrons. The van der Waals surface area contributed by atoms with Crippen LogP contribution in [0.15, 0.2) is 54.6 Å². The minimum Gasteiger partial charge on any atom is -0.366 e. The molecule has 3 aromatic rings. The molecule has 0 saturated heterocycles. The smallest absolute Gasteiger partial charge is 0.248 e. The first-order valence-electron chi connectivity index (χ1n) is 8.10. The predicted octanol–water partition coefficient (Wildman–Crippen LogP) is 0.798. The molecule has 0 saturated carbocycles. The van der Waals surface area contributed by atoms with Crippen molar-refractivity contribution in [1.29, 1.82) is 0 Å². The number of rotatable bonds is 7. The zero-order valence-electron chi connectivity index (χ0n) is 14.0. The van der Waals surface area contributed by atoms with E-state index in [0.29, 0.717) is 23.5 Å². The lowest BCUT2D eigenvalue weighted by Crippen LogP contribution is -2.30. The highest BCUT2D eigenvalue weighted by Crippen LogP contribution is 2.14. The van der Waals surface area contributed by atoms with Crippen molar-refractivity contribution in [3.8, 4) is 11.4 Å². The number of nitrogens with one attached hydrogen (secondary N) is 1. The van der Waals surface area contributed by atoms with E-state index in [9.17, 15) is 9.59 Å². The summed E-state index contributed by atoms with van der Waals surface area (Å²) >= 11 is 0. The average molecular weight is 350 g/mol. The largest absolute Gasteiger partial charge is 0.366 e. The van der Waals surface area contributed by atoms with E-state index in [4.69, 9.17) is 5.73 Å². The maximum atomic E-state index is 12.0. The first kappa shape index (κ1) is 17.3. The third-order valence-corrected chi connectivity index (χ3v) is 3.74. The normalized spacial score (nSPS) is 10.5. The standard InChI is InChI=1S/C18H18N6O2/c19-17(26)14-6-8-15(9-7-14)18-21-23-24(22-18)12-16(25)20-11-10-13-4-2-1-3-5-13/h1-9H,10-12H2,(H2,19,26)(H,20,25). The topological polar surface area (TPSA) is 116 Å². The molecular weight excluding hydrogens is 332 g/mol. The number of amides is 2. The zero-order valence-corrected chi connectivity index (χ0v) is 14.0. The first-order valence-corrected chi connectivity index (χ1v) is 8.10. The number of nitrogens with two attached hydrogens (primary N) is 1. The van der Waals surface area contributed by atoms with Crippen molar-refractivity contribution in [3.05, 3.63) is 65.7 Å². The summed E-state index contributed by atoms with van der Waals surface area (Å²) in [5, 5.41) is 14.8. The highest BCUT2D eigenvalue weighted by molar-refractivity contribution is 5.93. The van der Waals surface area contributed by atoms with Crippen LogP contribution >= 0.6 is 0 Å². The Morgan fingerprint density at radius 2 is 1.77 bits per heavy atom. The SMILES string of the molecule is NC(=O)c1ccc(-c2nnn(CC(=O)NCCc3ccccc3)n2)cc1. The van der Waals surface area contributed by atoms with Gasteiger partial charge in [0.1, 0.15) is 6.54 Å². The molecule has 1 heterocycles. The summed E-state index contributed by atoms with van der Waals surface area (Å²) in [6, 6.07) is 16.5. The Labute approximate surface area is 150 Å². The van der Waals surface area contributed by atoms with Gasteiger partial charge in [0.2, 0.25) is 17.6 Å². The van der Waals surface area contributed by atoms with Crippen LogP contribution < -0.4 is 11.1 Å². The van der Waals surface area contributed by atoms with E-state index in [1.54, 1.807) is 24.3 Å². The molecule has 26 heavy (non-hydrogen) atoms. The van der Waals surface area contributed by atoms with Crippen LogP contribution in [0.25, 0.3) is 11.4 Å². The number of benzene rings is 2. The highest BCUT2D eigenvalue weighted by atomic mass is 16.2. The molecule has 1 aromatic heterocycles. The number of nitrogens with zero attached hydrogens (tertiary/aromatic N) is 4. The van der Waals surface area contributed by atoms with Crippen LogP contribution in [-0.2, 0) is 17.8 Å². The summed E-state index contributed by atoms with van der Waals surface area (Å²) in [4.78, 5) is 24.3. The van der Waals surface area contributed by atoms with Gasteiger partial charge in [-0.3, -0.25) is 9.59 Å². The van der Waals surface area contributed by atoms with Crippen molar-refractivity contribution in [1.82, 2.24) is 25.5 Å². The van der Waals surface area contributed by atoms with Crippen molar-refractivity contribution in [2.24, 2.45) is 5.73 Å². The van der Waals surface area contributed by atoms with Crippen LogP contribution in [0.4, 0.5) is 0 Å². The fraction of sp³-hybridized carbons (Fsp3) is 0.167. The van der Waals surface area contributed by atoms with Crippen molar-refractivity contribution in [2.75, 3.05) is 6.54 Å². The van der Waals surface area contributed by atoms with Gasteiger partial charge in [0.15, 0.2) is 0 Å². The second-order valence-corrected chi connectivity index (χ2v) is 5.67. The van der Waals surface area contributed by atoms with Gasteiger partial charge in [-0.15, -0.1) is 10.2 Å². The molecule has 0 fully saturated rings. The number of hydrogen-bond donors (Lipinski definition) is 2. The lowest BCUT2D eigenvalue weighted by Gasteiger charge is -2.04. The molecule has 0 atom stereocenters. The van der Waals surface area contributed by atoms with Crippen molar-refractivity contribution >= 4 is 11.8 Å². The molecule has 0 aliphatic carbocycles. The molecule has 0 unspecified atom stereocenters. The van der Waals surface area contributed by atoms with Crippen molar-refractivity contribution in [2.45, 2.75) is 13.0 Å². The van der Waals surface area contributed by atoms with E-state index < -0.39 is 5.91 Å². The minimum absolute atomic E-state index is 0.0127. The van der Waals surface area contributed by atoms with Crippen molar-refractivity contribution < 1.29 is 9.59 Å². The van der Waals surface area contributed by atoms with Gasteiger partial charge < -0.3 is 11.1 Å². The summed E-state index contributed by atoms with van der Waals surface area (Å²) < 4.78 is 0. The summed E-state index contributed by atoms with van der Waals surface area (Å²) in [5.41, 5.74) is 7.46. The summed E-state index contributed by atoms with van der Waals surface area (Å²) in [6.45, 7) is 0.528. The fourth-order valence-corrected chi connectivity index (χ4v) is 2.38. The zero-order chi connectivity index (χ0) is 18.4. The van der Waals surface area contributed by atoms with Crippen LogP contribution in [0, 0.1) is 0 Å². The summed E-state index contributed by atoms with van der Waals surface area (Å²) in [6.07, 6.45) is 0.759. The van der Waals surface area contributed by atoms with Crippen LogP contribution in [0.5, 0.6) is 0 Å². The minimum atomic E-state index is -0.500. The van der Waals surface area contributed by atoms with E-state index in [0.717, 1.165) is 12.0 Å². The molecule has 3 N–H and O–H groups in total. The van der Waals surface area contributed by atoms with Crippen molar-refractivity contribution in [3.63, 3.8) is 0 Å². The number of primary amides is 1. The van der Waals surface area contributed by atoms with Gasteiger partial charge in [-0.05, 0) is 29.3 Å². The summed E-state index contributed by atoms with van der Waals surface area (Å²) in [7, 11) is 0. The number of carbonyl (C=O) groups is 2. The van der Waals surface area contributed by atoms with E-state index in [1.165, 1.54) is 4.80 Å². The number of aromatic nitrogens is 4. The Hall–Kier alpha value is -3.55. The van der Waals surface area contributed by atoms with Gasteiger partial charge in [0, 0.05) is 17.7 Å². The molecule has 0 radical (unpaired) electrons. The Bertz CT molecular complexity index is 890. The lowest BCUT2D eigenvalue weighted by atomic mass is 10.1. The molecule has 8 nitrogen and oxygen atoms in total. The molecule has 0 spiro atoms. The summed E-state index contributed by atoms with van der Waals surface area (Å²) in [5.74, 6) is -0.313. The molecule has 0 bridgehead atoms. The number of tetrazole rings is 1. The maximum Gasteiger partial charge on any atom is 0.248 e. The quantitative estimate of drug-likeness (QED) is 0.654. The van der Waals surface area contributed by atoms with E-state index in [1.807, 2.05) is 30.3 Å². The second kappa shape index (κ2) is 8.02. The fourth-order valence-electron chi connectivity index (χ4n) is 2.38. The molecule has 3 rings (SSSR count). The van der Waals surface area contributed by atoms with Crippen LogP contribution in [0.3, 0.4) is 0 Å². The maximum absolute atomic E-state index is 12.0. The van der Waals surface area contributed by atoms with Gasteiger partial charge in [-0.2, -0.15) is 4.80 Å². The van der Waals surface area contributed by atoms with Crippen LogP contribution in [0.1, 0.15) is 15.9 Å². The van der Waals surface area contributed by atoms with Gasteiger partial charge >= 0.3 is 0 Å². The number of hydrogen-bond acceptors (Lipinski definition) is 5. The Morgan fingerprint density at radius 1 is 1.04 bits per heavy atom. The Kier molecular flexibility index (Phi) is 5.33. The van der Waals surface area contributed by atoms with Gasteiger partial charge in [-0.25, -0.2) is 0 Å². The van der Waals surface area contributed by atoms with E-state index >= 15 is 0 Å². The first-order chi connectivity index (χ1) is 12.6. The molecule has 8 heteroatoms. The molecule has 2 aromatic carbocycles. The lowest BCUT2D eigenvalue weighted by molar-refractivity contribution is -0.122. The second-order valence-electron chi connectivity index (χ2n) is 5.67. The van der Waals surface area contributed by atoms with Crippen LogP contribution in [0.2, 0.25) is 0 Å². The molecule has 0 aliphatic rings. The van der Waals surface area contributed by atoms with Crippen LogP contribution in [-0.4, -0.2) is 38.6 Å². The molecular formula is C18H18N6O2. The Balaban J connectivity index is 1.52. The molecule has 2 amide bonds. The van der Waals surface area contributed by atoms with Gasteiger partial charge in [-0.1, -0.05) is 42.5 Å². The predicted molar refractivity (Wildman–Crippen MR) is 94.9 cm³/mol. The Morgan fingerprint density at radius 3 is 2.46 bits per heavy atom. The van der Waals surface area contributed by atoms with Gasteiger partial charge in [0.05, 0.1) is 0 Å². The third-order valence-electron chi connectivity index (χ3n) is 3.74. The average Bonchev–Trinajstić information content (AvgIpc) is 3.11. The highest BCUT2D eigenvalue weighted by Gasteiger charge is 2.10. The number of carbonyl (C=O) groups excluding carboxylic acids is 2. The van der Waals surface area contributed by atoms with E-state index in [-0.39, 0.29) is 12.5 Å². The van der Waals surface area contributed by atoms with E-state index in [2.05, 4.69) is 20.7 Å². The third kappa shape index (κ3) is 4.50.